The lowest BCUT2D eigenvalue weighted by Crippen LogP contribution is -2.38. The Morgan fingerprint density at radius 1 is 1.20 bits per heavy atom. The predicted octanol–water partition coefficient (Wildman–Crippen LogP) is 2.91. The van der Waals surface area contributed by atoms with Crippen LogP contribution in [0.5, 0.6) is 0 Å². The van der Waals surface area contributed by atoms with Crippen molar-refractivity contribution < 1.29 is 4.74 Å². The third kappa shape index (κ3) is 3.00. The molecule has 0 amide bonds. The summed E-state index contributed by atoms with van der Waals surface area (Å²) in [7, 11) is 0. The summed E-state index contributed by atoms with van der Waals surface area (Å²) in [5.41, 5.74) is 1.25. The lowest BCUT2D eigenvalue weighted by Gasteiger charge is -2.27. The number of hydrogen-bond donors (Lipinski definition) is 0. The Labute approximate surface area is 154 Å². The molecule has 0 unspecified atom stereocenters. The molecule has 9 heteroatoms. The fraction of sp³-hybridized carbons (Fsp3) is 0.500. The topological polar surface area (TPSA) is 69.0 Å². The summed E-state index contributed by atoms with van der Waals surface area (Å²) >= 11 is 3.28. The summed E-state index contributed by atoms with van der Waals surface area (Å²) in [6.45, 7) is 10.4. The van der Waals surface area contributed by atoms with Gasteiger partial charge < -0.3 is 9.64 Å². The van der Waals surface area contributed by atoms with E-state index in [0.717, 1.165) is 59.2 Å². The van der Waals surface area contributed by atoms with E-state index >= 15 is 0 Å². The molecule has 0 aliphatic carbocycles. The normalized spacial score (nSPS) is 15.2. The van der Waals surface area contributed by atoms with E-state index in [-0.39, 0.29) is 0 Å². The Bertz CT molecular complexity index is 900. The summed E-state index contributed by atoms with van der Waals surface area (Å²) in [5, 5.41) is 11.8. The Morgan fingerprint density at radius 3 is 2.76 bits per heavy atom. The minimum absolute atomic E-state index is 0.735. The molecule has 1 saturated heterocycles. The van der Waals surface area contributed by atoms with E-state index in [9.17, 15) is 0 Å². The van der Waals surface area contributed by atoms with Crippen LogP contribution in [0.2, 0.25) is 0 Å². The first-order valence-electron chi connectivity index (χ1n) is 8.33. The number of ether oxygens (including phenoxy) is 1. The number of rotatable bonds is 4. The SMILES string of the molecule is CCn1c(Sc2ncnc3sc(C)c(C)c23)nnc1N1CCOCC1. The van der Waals surface area contributed by atoms with Gasteiger partial charge in [0.1, 0.15) is 16.2 Å². The van der Waals surface area contributed by atoms with E-state index < -0.39 is 0 Å². The molecular weight excluding hydrogens is 356 g/mol. The zero-order chi connectivity index (χ0) is 17.4. The molecule has 1 aliphatic heterocycles. The maximum atomic E-state index is 5.44. The van der Waals surface area contributed by atoms with Gasteiger partial charge in [-0.3, -0.25) is 4.57 Å². The highest BCUT2D eigenvalue weighted by Gasteiger charge is 2.21. The number of anilines is 1. The second kappa shape index (κ2) is 6.89. The smallest absolute Gasteiger partial charge is 0.228 e. The van der Waals surface area contributed by atoms with Crippen LogP contribution in [0.15, 0.2) is 16.5 Å². The molecule has 0 saturated carbocycles. The van der Waals surface area contributed by atoms with Crippen molar-refractivity contribution in [3.05, 3.63) is 16.8 Å². The molecule has 0 atom stereocenters. The van der Waals surface area contributed by atoms with Crippen molar-refractivity contribution in [2.45, 2.75) is 37.5 Å². The molecule has 0 radical (unpaired) electrons. The van der Waals surface area contributed by atoms with Crippen LogP contribution in [0.1, 0.15) is 17.4 Å². The van der Waals surface area contributed by atoms with Crippen LogP contribution in [0.4, 0.5) is 5.95 Å². The van der Waals surface area contributed by atoms with Crippen LogP contribution < -0.4 is 4.90 Å². The Morgan fingerprint density at radius 2 is 2.00 bits per heavy atom. The van der Waals surface area contributed by atoms with Crippen molar-refractivity contribution in [1.29, 1.82) is 0 Å². The number of nitrogens with zero attached hydrogens (tertiary/aromatic N) is 6. The first kappa shape index (κ1) is 16.7. The molecular formula is C16H20N6OS2. The maximum absolute atomic E-state index is 5.44. The van der Waals surface area contributed by atoms with Gasteiger partial charge in [-0.25, -0.2) is 9.97 Å². The second-order valence-electron chi connectivity index (χ2n) is 5.87. The molecule has 0 bridgehead atoms. The van der Waals surface area contributed by atoms with Crippen molar-refractivity contribution in [2.24, 2.45) is 0 Å². The van der Waals surface area contributed by atoms with Gasteiger partial charge in [-0.05, 0) is 38.1 Å². The first-order valence-corrected chi connectivity index (χ1v) is 9.96. The van der Waals surface area contributed by atoms with E-state index in [1.54, 1.807) is 29.4 Å². The van der Waals surface area contributed by atoms with Crippen molar-refractivity contribution >= 4 is 39.3 Å². The van der Waals surface area contributed by atoms with Gasteiger partial charge >= 0.3 is 0 Å². The van der Waals surface area contributed by atoms with Gasteiger partial charge in [0.05, 0.1) is 13.2 Å². The molecule has 0 aromatic carbocycles. The summed E-state index contributed by atoms with van der Waals surface area (Å²) in [5.74, 6) is 0.914. The third-order valence-corrected chi connectivity index (χ3v) is 6.53. The highest BCUT2D eigenvalue weighted by atomic mass is 32.2. The van der Waals surface area contributed by atoms with Crippen molar-refractivity contribution in [1.82, 2.24) is 24.7 Å². The molecule has 3 aromatic rings. The maximum Gasteiger partial charge on any atom is 0.228 e. The van der Waals surface area contributed by atoms with Gasteiger partial charge in [-0.15, -0.1) is 21.5 Å². The lowest BCUT2D eigenvalue weighted by molar-refractivity contribution is 0.121. The van der Waals surface area contributed by atoms with Gasteiger partial charge in [-0.1, -0.05) is 0 Å². The number of hydrogen-bond acceptors (Lipinski definition) is 8. The highest BCUT2D eigenvalue weighted by molar-refractivity contribution is 7.99. The quantitative estimate of drug-likeness (QED) is 0.649. The summed E-state index contributed by atoms with van der Waals surface area (Å²) in [6, 6.07) is 0. The molecule has 7 nitrogen and oxygen atoms in total. The van der Waals surface area contributed by atoms with E-state index in [2.05, 4.69) is 50.4 Å². The van der Waals surface area contributed by atoms with Crippen LogP contribution in [0.3, 0.4) is 0 Å². The van der Waals surface area contributed by atoms with Gasteiger partial charge in [0, 0.05) is 29.9 Å². The predicted molar refractivity (Wildman–Crippen MR) is 99.7 cm³/mol. The van der Waals surface area contributed by atoms with E-state index in [1.807, 2.05) is 0 Å². The number of aromatic nitrogens is 5. The zero-order valence-electron chi connectivity index (χ0n) is 14.5. The molecule has 1 aliphatic rings. The average molecular weight is 377 g/mol. The molecule has 3 aromatic heterocycles. The van der Waals surface area contributed by atoms with Crippen molar-refractivity contribution in [2.75, 3.05) is 31.2 Å². The Balaban J connectivity index is 1.71. The standard InChI is InChI=1S/C16H20N6OS2/c1-4-22-15(21-5-7-23-8-6-21)19-20-16(22)25-14-12-10(2)11(3)24-13(12)17-9-18-14/h9H,4-8H2,1-3H3. The summed E-state index contributed by atoms with van der Waals surface area (Å²) in [4.78, 5) is 13.5. The number of fused-ring (bicyclic) bond motifs is 1. The zero-order valence-corrected chi connectivity index (χ0v) is 16.2. The van der Waals surface area contributed by atoms with E-state index in [4.69, 9.17) is 4.74 Å². The monoisotopic (exact) mass is 376 g/mol. The van der Waals surface area contributed by atoms with Gasteiger partial charge in [0.2, 0.25) is 5.95 Å². The van der Waals surface area contributed by atoms with E-state index in [0.29, 0.717) is 0 Å². The molecule has 4 rings (SSSR count). The summed E-state index contributed by atoms with van der Waals surface area (Å²) in [6.07, 6.45) is 1.63. The Kier molecular flexibility index (Phi) is 4.61. The van der Waals surface area contributed by atoms with Crippen LogP contribution in [-0.2, 0) is 11.3 Å². The van der Waals surface area contributed by atoms with Gasteiger partial charge in [-0.2, -0.15) is 0 Å². The Hall–Kier alpha value is -1.71. The number of morpholine rings is 1. The minimum atomic E-state index is 0.735. The number of aryl methyl sites for hydroxylation is 2. The lowest BCUT2D eigenvalue weighted by atomic mass is 10.2. The first-order chi connectivity index (χ1) is 12.2. The second-order valence-corrected chi connectivity index (χ2v) is 8.03. The molecule has 1 fully saturated rings. The molecule has 4 heterocycles. The fourth-order valence-corrected chi connectivity index (χ4v) is 5.03. The summed E-state index contributed by atoms with van der Waals surface area (Å²) < 4.78 is 7.59. The molecule has 0 N–H and O–H groups in total. The van der Waals surface area contributed by atoms with Crippen molar-refractivity contribution in [3.8, 4) is 0 Å². The highest BCUT2D eigenvalue weighted by Crippen LogP contribution is 2.37. The third-order valence-electron chi connectivity index (χ3n) is 4.43. The number of thiophene rings is 1. The van der Waals surface area contributed by atoms with Gasteiger partial charge in [0.15, 0.2) is 5.16 Å². The average Bonchev–Trinajstić information content (AvgIpc) is 3.17. The molecule has 0 spiro atoms. The van der Waals surface area contributed by atoms with Crippen LogP contribution >= 0.6 is 23.1 Å². The molecule has 25 heavy (non-hydrogen) atoms. The van der Waals surface area contributed by atoms with Crippen LogP contribution in [0, 0.1) is 13.8 Å². The molecule has 132 valence electrons. The minimum Gasteiger partial charge on any atom is -0.378 e. The van der Waals surface area contributed by atoms with Gasteiger partial charge in [0.25, 0.3) is 0 Å². The van der Waals surface area contributed by atoms with Crippen molar-refractivity contribution in [3.63, 3.8) is 0 Å². The van der Waals surface area contributed by atoms with Crippen LogP contribution in [0.25, 0.3) is 10.2 Å². The fourth-order valence-electron chi connectivity index (χ4n) is 2.94. The van der Waals surface area contributed by atoms with E-state index in [1.165, 1.54) is 10.4 Å². The largest absolute Gasteiger partial charge is 0.378 e. The van der Waals surface area contributed by atoms with Crippen LogP contribution in [-0.4, -0.2) is 51.0 Å².